The lowest BCUT2D eigenvalue weighted by atomic mass is 10.2. The minimum atomic E-state index is 0.494. The van der Waals surface area contributed by atoms with Gasteiger partial charge in [0.15, 0.2) is 5.76 Å². The number of oxazole rings is 1. The maximum absolute atomic E-state index is 5.92. The largest absolute Gasteiger partial charge is 0.436 e. The first-order valence-corrected chi connectivity index (χ1v) is 6.18. The molecule has 0 aliphatic heterocycles. The lowest BCUT2D eigenvalue weighted by Crippen LogP contribution is -1.89. The van der Waals surface area contributed by atoms with Crippen LogP contribution >= 0.6 is 11.6 Å². The van der Waals surface area contributed by atoms with Crippen molar-refractivity contribution in [2.24, 2.45) is 0 Å². The van der Waals surface area contributed by atoms with E-state index >= 15 is 0 Å². The van der Waals surface area contributed by atoms with Gasteiger partial charge in [0.2, 0.25) is 5.89 Å². The minimum absolute atomic E-state index is 0.494. The summed E-state index contributed by atoms with van der Waals surface area (Å²) in [7, 11) is 0. The van der Waals surface area contributed by atoms with E-state index in [1.807, 2.05) is 30.3 Å². The molecule has 2 N–H and O–H groups in total. The van der Waals surface area contributed by atoms with Crippen molar-refractivity contribution in [2.45, 2.75) is 0 Å². The third kappa shape index (κ3) is 2.33. The summed E-state index contributed by atoms with van der Waals surface area (Å²) in [6.45, 7) is 0. The number of hydrogen-bond donors (Lipinski definition) is 1. The molecule has 19 heavy (non-hydrogen) atoms. The van der Waals surface area contributed by atoms with E-state index in [1.165, 1.54) is 0 Å². The summed E-state index contributed by atoms with van der Waals surface area (Å²) < 4.78 is 5.74. The van der Waals surface area contributed by atoms with Gasteiger partial charge in [-0.25, -0.2) is 4.98 Å². The van der Waals surface area contributed by atoms with Crippen molar-refractivity contribution in [1.82, 2.24) is 4.98 Å². The summed E-state index contributed by atoms with van der Waals surface area (Å²) in [5.74, 6) is 1.21. The van der Waals surface area contributed by atoms with Crippen LogP contribution in [-0.2, 0) is 0 Å². The summed E-state index contributed by atoms with van der Waals surface area (Å²) >= 11 is 5.87. The summed E-state index contributed by atoms with van der Waals surface area (Å²) in [6, 6.07) is 15.0. The molecule has 94 valence electrons. The standard InChI is InChI=1S/C15H11ClN2O/c16-11-6-7-12(13(17)8-11)15-18-9-14(19-15)10-4-2-1-3-5-10/h1-9H,17H2. The molecule has 2 aromatic carbocycles. The lowest BCUT2D eigenvalue weighted by molar-refractivity contribution is 0.589. The first-order chi connectivity index (χ1) is 9.24. The maximum Gasteiger partial charge on any atom is 0.228 e. The number of anilines is 1. The van der Waals surface area contributed by atoms with Gasteiger partial charge in [-0.2, -0.15) is 0 Å². The highest BCUT2D eigenvalue weighted by Crippen LogP contribution is 2.30. The highest BCUT2D eigenvalue weighted by atomic mass is 35.5. The van der Waals surface area contributed by atoms with Crippen molar-refractivity contribution >= 4 is 17.3 Å². The van der Waals surface area contributed by atoms with Gasteiger partial charge >= 0.3 is 0 Å². The number of nitrogen functional groups attached to an aromatic ring is 1. The van der Waals surface area contributed by atoms with Gasteiger partial charge in [-0.15, -0.1) is 0 Å². The normalized spacial score (nSPS) is 10.6. The average molecular weight is 271 g/mol. The zero-order chi connectivity index (χ0) is 13.2. The van der Waals surface area contributed by atoms with Gasteiger partial charge in [-0.05, 0) is 18.2 Å². The highest BCUT2D eigenvalue weighted by Gasteiger charge is 2.11. The molecule has 0 aliphatic carbocycles. The predicted molar refractivity (Wildman–Crippen MR) is 76.8 cm³/mol. The second-order valence-corrected chi connectivity index (χ2v) is 4.56. The lowest BCUT2D eigenvalue weighted by Gasteiger charge is -2.01. The third-order valence-corrected chi connectivity index (χ3v) is 3.04. The average Bonchev–Trinajstić information content (AvgIpc) is 2.89. The monoisotopic (exact) mass is 270 g/mol. The predicted octanol–water partition coefficient (Wildman–Crippen LogP) is 4.24. The molecule has 0 aliphatic rings. The molecule has 0 saturated carbocycles. The van der Waals surface area contributed by atoms with E-state index in [2.05, 4.69) is 4.98 Å². The SMILES string of the molecule is Nc1cc(Cl)ccc1-c1ncc(-c2ccccc2)o1. The zero-order valence-electron chi connectivity index (χ0n) is 10.0. The molecule has 0 spiro atoms. The van der Waals surface area contributed by atoms with Gasteiger partial charge in [0.05, 0.1) is 11.8 Å². The highest BCUT2D eigenvalue weighted by molar-refractivity contribution is 6.31. The van der Waals surface area contributed by atoms with Crippen LogP contribution in [0.1, 0.15) is 0 Å². The molecule has 0 radical (unpaired) electrons. The number of benzene rings is 2. The van der Waals surface area contributed by atoms with E-state index in [4.69, 9.17) is 21.8 Å². The molecule has 1 aromatic heterocycles. The molecule has 4 heteroatoms. The Morgan fingerprint density at radius 1 is 1.05 bits per heavy atom. The number of aromatic nitrogens is 1. The summed E-state index contributed by atoms with van der Waals surface area (Å²) in [4.78, 5) is 4.26. The van der Waals surface area contributed by atoms with Gasteiger partial charge in [0, 0.05) is 16.3 Å². The van der Waals surface area contributed by atoms with Crippen molar-refractivity contribution in [3.05, 3.63) is 59.8 Å². The van der Waals surface area contributed by atoms with Crippen molar-refractivity contribution in [2.75, 3.05) is 5.73 Å². The summed E-state index contributed by atoms with van der Waals surface area (Å²) in [5.41, 5.74) is 8.19. The van der Waals surface area contributed by atoms with Crippen molar-refractivity contribution in [3.8, 4) is 22.8 Å². The Morgan fingerprint density at radius 2 is 1.84 bits per heavy atom. The van der Waals surface area contributed by atoms with Crippen LogP contribution in [0.15, 0.2) is 59.1 Å². The van der Waals surface area contributed by atoms with E-state index in [-0.39, 0.29) is 0 Å². The molecule has 3 rings (SSSR count). The molecule has 0 bridgehead atoms. The second-order valence-electron chi connectivity index (χ2n) is 4.13. The van der Waals surface area contributed by atoms with Gasteiger partial charge < -0.3 is 10.2 Å². The van der Waals surface area contributed by atoms with Crippen molar-refractivity contribution < 1.29 is 4.42 Å². The van der Waals surface area contributed by atoms with Gasteiger partial charge in [-0.1, -0.05) is 41.9 Å². The number of nitrogens with zero attached hydrogens (tertiary/aromatic N) is 1. The smallest absolute Gasteiger partial charge is 0.228 e. The van der Waals surface area contributed by atoms with Crippen LogP contribution in [0.25, 0.3) is 22.8 Å². The Bertz CT molecular complexity index is 707. The minimum Gasteiger partial charge on any atom is -0.436 e. The molecule has 0 fully saturated rings. The van der Waals surface area contributed by atoms with E-state index in [0.717, 1.165) is 11.1 Å². The molecule has 3 aromatic rings. The van der Waals surface area contributed by atoms with Gasteiger partial charge in [0.1, 0.15) is 0 Å². The van der Waals surface area contributed by atoms with E-state index < -0.39 is 0 Å². The zero-order valence-corrected chi connectivity index (χ0v) is 10.8. The van der Waals surface area contributed by atoms with Crippen LogP contribution in [0.3, 0.4) is 0 Å². The van der Waals surface area contributed by atoms with Gasteiger partial charge in [-0.3, -0.25) is 0 Å². The van der Waals surface area contributed by atoms with Crippen LogP contribution in [-0.4, -0.2) is 4.98 Å². The Balaban J connectivity index is 2.02. The molecular formula is C15H11ClN2O. The van der Waals surface area contributed by atoms with Crippen LogP contribution < -0.4 is 5.73 Å². The second kappa shape index (κ2) is 4.78. The summed E-state index contributed by atoms with van der Waals surface area (Å²) in [6.07, 6.45) is 1.69. The molecule has 3 nitrogen and oxygen atoms in total. The number of halogens is 1. The van der Waals surface area contributed by atoms with E-state index in [9.17, 15) is 0 Å². The van der Waals surface area contributed by atoms with Crippen LogP contribution in [0, 0.1) is 0 Å². The number of rotatable bonds is 2. The first kappa shape index (κ1) is 11.8. The van der Waals surface area contributed by atoms with Crippen LogP contribution in [0.2, 0.25) is 5.02 Å². The van der Waals surface area contributed by atoms with Crippen molar-refractivity contribution in [1.29, 1.82) is 0 Å². The van der Waals surface area contributed by atoms with Gasteiger partial charge in [0.25, 0.3) is 0 Å². The quantitative estimate of drug-likeness (QED) is 0.709. The Hall–Kier alpha value is -2.26. The number of nitrogens with two attached hydrogens (primary N) is 1. The molecule has 0 amide bonds. The fourth-order valence-corrected chi connectivity index (χ4v) is 2.04. The first-order valence-electron chi connectivity index (χ1n) is 5.81. The molecule has 1 heterocycles. The Labute approximate surface area is 115 Å². The molecule has 0 saturated heterocycles. The third-order valence-electron chi connectivity index (χ3n) is 2.81. The Morgan fingerprint density at radius 3 is 2.58 bits per heavy atom. The fraction of sp³-hybridized carbons (Fsp3) is 0. The molecule has 0 unspecified atom stereocenters. The van der Waals surface area contributed by atoms with E-state index in [0.29, 0.717) is 22.4 Å². The number of hydrogen-bond acceptors (Lipinski definition) is 3. The topological polar surface area (TPSA) is 52.0 Å². The maximum atomic E-state index is 5.92. The van der Waals surface area contributed by atoms with E-state index in [1.54, 1.807) is 24.4 Å². The Kier molecular flexibility index (Phi) is 2.97. The van der Waals surface area contributed by atoms with Crippen molar-refractivity contribution in [3.63, 3.8) is 0 Å². The molecular weight excluding hydrogens is 260 g/mol. The summed E-state index contributed by atoms with van der Waals surface area (Å²) in [5, 5.41) is 0.594. The van der Waals surface area contributed by atoms with Crippen LogP contribution in [0.4, 0.5) is 5.69 Å². The fourth-order valence-electron chi connectivity index (χ4n) is 1.86. The van der Waals surface area contributed by atoms with Crippen LogP contribution in [0.5, 0.6) is 0 Å². The molecule has 0 atom stereocenters.